The van der Waals surface area contributed by atoms with Gasteiger partial charge in [0.1, 0.15) is 11.4 Å². The number of hydrogen-bond acceptors (Lipinski definition) is 5. The number of phenolic OH excluding ortho intramolecular Hbond substituents is 1. The van der Waals surface area contributed by atoms with E-state index in [1.54, 1.807) is 6.20 Å². The van der Waals surface area contributed by atoms with Crippen molar-refractivity contribution in [2.24, 2.45) is 0 Å². The standard InChI is InChI=1S/C23H17F3N4O/c24-23(25,26)13-7-8-17(20(31)12-13)21-14-4-1-2-5-15(14)22(30-29-21)28-19-10-9-18-16(19)6-3-11-27-18/h1-8,11-12,19,31H,9-10H2,(H,28,30). The molecule has 156 valence electrons. The summed E-state index contributed by atoms with van der Waals surface area (Å²) in [5, 5.41) is 23.7. The summed E-state index contributed by atoms with van der Waals surface area (Å²) in [5.74, 6) is 0.0817. The van der Waals surface area contributed by atoms with Crippen molar-refractivity contribution < 1.29 is 18.3 Å². The zero-order chi connectivity index (χ0) is 21.6. The lowest BCUT2D eigenvalue weighted by molar-refractivity contribution is -0.137. The summed E-state index contributed by atoms with van der Waals surface area (Å²) in [7, 11) is 0. The second-order valence-corrected chi connectivity index (χ2v) is 7.45. The van der Waals surface area contributed by atoms with E-state index in [1.165, 1.54) is 6.07 Å². The molecule has 0 fully saturated rings. The summed E-state index contributed by atoms with van der Waals surface area (Å²) < 4.78 is 38.9. The van der Waals surface area contributed by atoms with Crippen molar-refractivity contribution in [3.8, 4) is 17.0 Å². The first kappa shape index (κ1) is 19.3. The van der Waals surface area contributed by atoms with Crippen LogP contribution in [0.3, 0.4) is 0 Å². The molecule has 1 atom stereocenters. The molecular weight excluding hydrogens is 405 g/mol. The molecule has 2 heterocycles. The fraction of sp³-hybridized carbons (Fsp3) is 0.174. The number of pyridine rings is 1. The van der Waals surface area contributed by atoms with Crippen LogP contribution in [0.1, 0.15) is 29.3 Å². The van der Waals surface area contributed by atoms with E-state index >= 15 is 0 Å². The van der Waals surface area contributed by atoms with Gasteiger partial charge in [0.25, 0.3) is 0 Å². The van der Waals surface area contributed by atoms with Gasteiger partial charge >= 0.3 is 6.18 Å². The molecule has 0 spiro atoms. The average Bonchev–Trinajstić information content (AvgIpc) is 3.16. The number of nitrogens with one attached hydrogen (secondary N) is 1. The lowest BCUT2D eigenvalue weighted by atomic mass is 10.0. The molecule has 0 saturated carbocycles. The van der Waals surface area contributed by atoms with E-state index < -0.39 is 17.5 Å². The Kier molecular flexibility index (Phi) is 4.50. The number of nitrogens with zero attached hydrogens (tertiary/aromatic N) is 3. The van der Waals surface area contributed by atoms with Crippen molar-refractivity contribution in [2.45, 2.75) is 25.1 Å². The fourth-order valence-electron chi connectivity index (χ4n) is 4.05. The molecule has 0 saturated heterocycles. The zero-order valence-electron chi connectivity index (χ0n) is 16.2. The highest BCUT2D eigenvalue weighted by atomic mass is 19.4. The van der Waals surface area contributed by atoms with Crippen molar-refractivity contribution in [1.82, 2.24) is 15.2 Å². The first-order chi connectivity index (χ1) is 14.9. The van der Waals surface area contributed by atoms with Gasteiger partial charge in [0.15, 0.2) is 5.82 Å². The number of aromatic nitrogens is 3. The number of phenols is 1. The van der Waals surface area contributed by atoms with E-state index in [0.717, 1.165) is 35.6 Å². The number of halogens is 3. The first-order valence-corrected chi connectivity index (χ1v) is 9.78. The molecule has 2 aromatic heterocycles. The quantitative estimate of drug-likeness (QED) is 0.455. The first-order valence-electron chi connectivity index (χ1n) is 9.78. The lowest BCUT2D eigenvalue weighted by Crippen LogP contribution is -2.10. The van der Waals surface area contributed by atoms with Gasteiger partial charge in [-0.15, -0.1) is 10.2 Å². The SMILES string of the molecule is Oc1cc(C(F)(F)F)ccc1-c1nnc(NC2CCc3ncccc32)c2ccccc12. The summed E-state index contributed by atoms with van der Waals surface area (Å²) in [6.45, 7) is 0. The Morgan fingerprint density at radius 2 is 1.77 bits per heavy atom. The van der Waals surface area contributed by atoms with Gasteiger partial charge in [0.2, 0.25) is 0 Å². The summed E-state index contributed by atoms with van der Waals surface area (Å²) in [6.07, 6.45) is -1.01. The number of fused-ring (bicyclic) bond motifs is 2. The van der Waals surface area contributed by atoms with Gasteiger partial charge in [-0.2, -0.15) is 13.2 Å². The molecule has 0 amide bonds. The van der Waals surface area contributed by atoms with Crippen molar-refractivity contribution in [3.63, 3.8) is 0 Å². The Morgan fingerprint density at radius 1 is 0.968 bits per heavy atom. The Morgan fingerprint density at radius 3 is 2.55 bits per heavy atom. The number of rotatable bonds is 3. The molecule has 2 aromatic carbocycles. The van der Waals surface area contributed by atoms with Crippen LogP contribution in [0, 0.1) is 0 Å². The summed E-state index contributed by atoms with van der Waals surface area (Å²) in [5.41, 5.74) is 1.78. The number of aryl methyl sites for hydroxylation is 1. The predicted molar refractivity (Wildman–Crippen MR) is 111 cm³/mol. The molecule has 0 aliphatic heterocycles. The van der Waals surface area contributed by atoms with E-state index in [9.17, 15) is 18.3 Å². The van der Waals surface area contributed by atoms with Crippen molar-refractivity contribution in [2.75, 3.05) is 5.32 Å². The van der Waals surface area contributed by atoms with Crippen molar-refractivity contribution in [3.05, 3.63) is 77.6 Å². The van der Waals surface area contributed by atoms with Gasteiger partial charge in [0, 0.05) is 28.2 Å². The van der Waals surface area contributed by atoms with E-state index in [4.69, 9.17) is 0 Å². The lowest BCUT2D eigenvalue weighted by Gasteiger charge is -2.17. The third kappa shape index (κ3) is 3.43. The molecule has 0 bridgehead atoms. The van der Waals surface area contributed by atoms with Crippen LogP contribution in [0.2, 0.25) is 0 Å². The molecule has 31 heavy (non-hydrogen) atoms. The average molecular weight is 422 g/mol. The van der Waals surface area contributed by atoms with Crippen LogP contribution in [0.15, 0.2) is 60.8 Å². The maximum absolute atomic E-state index is 13.0. The van der Waals surface area contributed by atoms with Gasteiger partial charge in [-0.1, -0.05) is 30.3 Å². The smallest absolute Gasteiger partial charge is 0.416 e. The second kappa shape index (κ2) is 7.23. The van der Waals surface area contributed by atoms with Crippen LogP contribution in [-0.2, 0) is 12.6 Å². The normalized spacial score (nSPS) is 15.8. The molecule has 2 N–H and O–H groups in total. The molecule has 1 aliphatic carbocycles. The maximum atomic E-state index is 13.0. The highest BCUT2D eigenvalue weighted by Crippen LogP contribution is 2.39. The predicted octanol–water partition coefficient (Wildman–Crippen LogP) is 5.52. The number of hydrogen-bond donors (Lipinski definition) is 2. The maximum Gasteiger partial charge on any atom is 0.416 e. The Labute approximate surface area is 175 Å². The van der Waals surface area contributed by atoms with Gasteiger partial charge < -0.3 is 10.4 Å². The summed E-state index contributed by atoms with van der Waals surface area (Å²) >= 11 is 0. The number of aromatic hydroxyl groups is 1. The number of anilines is 1. The van der Waals surface area contributed by atoms with Crippen LogP contribution in [0.5, 0.6) is 5.75 Å². The minimum absolute atomic E-state index is 0.0479. The van der Waals surface area contributed by atoms with Crippen LogP contribution in [-0.4, -0.2) is 20.3 Å². The zero-order valence-corrected chi connectivity index (χ0v) is 16.2. The molecule has 1 aliphatic rings. The van der Waals surface area contributed by atoms with Crippen molar-refractivity contribution in [1.29, 1.82) is 0 Å². The largest absolute Gasteiger partial charge is 0.507 e. The monoisotopic (exact) mass is 422 g/mol. The van der Waals surface area contributed by atoms with Gasteiger partial charge in [-0.25, -0.2) is 0 Å². The minimum atomic E-state index is -4.54. The third-order valence-corrected chi connectivity index (χ3v) is 5.55. The van der Waals surface area contributed by atoms with E-state index in [-0.39, 0.29) is 11.6 Å². The number of benzene rings is 2. The van der Waals surface area contributed by atoms with Crippen LogP contribution < -0.4 is 5.32 Å². The van der Waals surface area contributed by atoms with E-state index in [2.05, 4.69) is 20.5 Å². The van der Waals surface area contributed by atoms with Crippen molar-refractivity contribution >= 4 is 16.6 Å². The molecular formula is C23H17F3N4O. The molecule has 8 heteroatoms. The summed E-state index contributed by atoms with van der Waals surface area (Å²) in [4.78, 5) is 4.42. The minimum Gasteiger partial charge on any atom is -0.507 e. The molecule has 4 aromatic rings. The fourth-order valence-corrected chi connectivity index (χ4v) is 4.05. The second-order valence-electron chi connectivity index (χ2n) is 7.45. The molecule has 5 nitrogen and oxygen atoms in total. The van der Waals surface area contributed by atoms with E-state index in [1.807, 2.05) is 36.4 Å². The Hall–Kier alpha value is -3.68. The van der Waals surface area contributed by atoms with Gasteiger partial charge in [-0.05, 0) is 42.7 Å². The van der Waals surface area contributed by atoms with Gasteiger partial charge in [0.05, 0.1) is 11.6 Å². The van der Waals surface area contributed by atoms with Crippen LogP contribution >= 0.6 is 0 Å². The molecule has 0 radical (unpaired) electrons. The number of alkyl halides is 3. The highest BCUT2D eigenvalue weighted by Gasteiger charge is 2.31. The van der Waals surface area contributed by atoms with E-state index in [0.29, 0.717) is 23.0 Å². The topological polar surface area (TPSA) is 70.9 Å². The highest BCUT2D eigenvalue weighted by molar-refractivity contribution is 6.01. The van der Waals surface area contributed by atoms with Crippen LogP contribution in [0.25, 0.3) is 22.0 Å². The Bertz CT molecular complexity index is 1290. The van der Waals surface area contributed by atoms with Gasteiger partial charge in [-0.3, -0.25) is 4.98 Å². The molecule has 1 unspecified atom stereocenters. The third-order valence-electron chi connectivity index (χ3n) is 5.55. The summed E-state index contributed by atoms with van der Waals surface area (Å²) in [6, 6.07) is 14.2. The van der Waals surface area contributed by atoms with Crippen LogP contribution in [0.4, 0.5) is 19.0 Å². The molecule has 5 rings (SSSR count). The Balaban J connectivity index is 1.56.